The summed E-state index contributed by atoms with van der Waals surface area (Å²) in [6, 6.07) is 16.7. The van der Waals surface area contributed by atoms with Gasteiger partial charge in [-0.15, -0.1) is 0 Å². The SMILES string of the molecule is Cc1nn(-c2ccccc2)c(Cl)c1C(=O)N1CCN(C(=O)[C@@H]2COc3ccccc3O2)CC1. The first-order chi connectivity index (χ1) is 16.0. The van der Waals surface area contributed by atoms with Gasteiger partial charge in [-0.25, -0.2) is 4.68 Å². The van der Waals surface area contributed by atoms with Crippen molar-refractivity contribution in [3.05, 3.63) is 71.0 Å². The summed E-state index contributed by atoms with van der Waals surface area (Å²) in [5.74, 6) is 0.886. The quantitative estimate of drug-likeness (QED) is 0.593. The Bertz CT molecular complexity index is 1190. The van der Waals surface area contributed by atoms with Crippen LogP contribution >= 0.6 is 11.6 Å². The fraction of sp³-hybridized carbons (Fsp3) is 0.292. The first-order valence-electron chi connectivity index (χ1n) is 10.8. The van der Waals surface area contributed by atoms with E-state index in [1.807, 2.05) is 48.5 Å². The van der Waals surface area contributed by atoms with Crippen molar-refractivity contribution in [2.45, 2.75) is 13.0 Å². The molecule has 170 valence electrons. The van der Waals surface area contributed by atoms with Gasteiger partial charge < -0.3 is 19.3 Å². The van der Waals surface area contributed by atoms with Gasteiger partial charge in [0.1, 0.15) is 11.8 Å². The molecule has 2 aliphatic rings. The second-order valence-electron chi connectivity index (χ2n) is 7.98. The van der Waals surface area contributed by atoms with E-state index in [1.54, 1.807) is 27.5 Å². The Morgan fingerprint density at radius 2 is 1.58 bits per heavy atom. The maximum absolute atomic E-state index is 13.2. The number of halogens is 1. The average Bonchev–Trinajstić information content (AvgIpc) is 3.17. The van der Waals surface area contributed by atoms with Crippen LogP contribution in [-0.4, -0.2) is 70.3 Å². The molecule has 8 nitrogen and oxygen atoms in total. The molecule has 1 atom stereocenters. The summed E-state index contributed by atoms with van der Waals surface area (Å²) in [6.45, 7) is 3.58. The molecule has 33 heavy (non-hydrogen) atoms. The molecule has 0 aliphatic carbocycles. The van der Waals surface area contributed by atoms with Crippen LogP contribution in [0.5, 0.6) is 11.5 Å². The van der Waals surface area contributed by atoms with E-state index < -0.39 is 6.10 Å². The molecule has 2 amide bonds. The molecule has 3 aromatic rings. The summed E-state index contributed by atoms with van der Waals surface area (Å²) in [6.07, 6.45) is -0.692. The number of aryl methyl sites for hydroxylation is 1. The molecule has 9 heteroatoms. The number of amides is 2. The Balaban J connectivity index is 1.24. The predicted molar refractivity (Wildman–Crippen MR) is 122 cm³/mol. The van der Waals surface area contributed by atoms with Crippen LogP contribution in [0.1, 0.15) is 16.1 Å². The number of nitrogens with zero attached hydrogens (tertiary/aromatic N) is 4. The number of benzene rings is 2. The van der Waals surface area contributed by atoms with Gasteiger partial charge in [0.05, 0.1) is 16.9 Å². The maximum Gasteiger partial charge on any atom is 0.267 e. The lowest BCUT2D eigenvalue weighted by molar-refractivity contribution is -0.142. The minimum atomic E-state index is -0.692. The molecule has 0 radical (unpaired) electrons. The smallest absolute Gasteiger partial charge is 0.267 e. The highest BCUT2D eigenvalue weighted by molar-refractivity contribution is 6.33. The van der Waals surface area contributed by atoms with Crippen LogP contribution in [0.15, 0.2) is 54.6 Å². The summed E-state index contributed by atoms with van der Waals surface area (Å²) in [7, 11) is 0. The van der Waals surface area contributed by atoms with E-state index in [4.69, 9.17) is 21.1 Å². The molecule has 1 fully saturated rings. The molecule has 1 aromatic heterocycles. The Kier molecular flexibility index (Phi) is 5.68. The van der Waals surface area contributed by atoms with Gasteiger partial charge in [-0.3, -0.25) is 9.59 Å². The molecule has 5 rings (SSSR count). The summed E-state index contributed by atoms with van der Waals surface area (Å²) in [4.78, 5) is 29.6. The average molecular weight is 467 g/mol. The van der Waals surface area contributed by atoms with Crippen molar-refractivity contribution in [2.75, 3.05) is 32.8 Å². The van der Waals surface area contributed by atoms with Crippen LogP contribution in [0.4, 0.5) is 0 Å². The topological polar surface area (TPSA) is 76.9 Å². The normalized spacial score (nSPS) is 17.7. The van der Waals surface area contributed by atoms with Crippen molar-refractivity contribution in [3.8, 4) is 17.2 Å². The monoisotopic (exact) mass is 466 g/mol. The number of hydrogen-bond donors (Lipinski definition) is 0. The Hall–Kier alpha value is -3.52. The lowest BCUT2D eigenvalue weighted by Crippen LogP contribution is -2.55. The standard InChI is InChI=1S/C24H23ClN4O4/c1-16-21(22(25)29(26-16)17-7-3-2-4-8-17)24(31)28-13-11-27(12-14-28)23(30)20-15-32-18-9-5-6-10-19(18)33-20/h2-10,20H,11-15H2,1H3/t20-/m0/s1. The molecule has 0 unspecified atom stereocenters. The molecule has 2 aliphatic heterocycles. The van der Waals surface area contributed by atoms with Crippen LogP contribution in [0.3, 0.4) is 0 Å². The Morgan fingerprint density at radius 1 is 0.939 bits per heavy atom. The third-order valence-corrected chi connectivity index (χ3v) is 6.23. The summed E-state index contributed by atoms with van der Waals surface area (Å²) in [5.41, 5.74) is 1.75. The number of fused-ring (bicyclic) bond motifs is 1. The zero-order valence-electron chi connectivity index (χ0n) is 18.1. The van der Waals surface area contributed by atoms with Crippen molar-refractivity contribution in [2.24, 2.45) is 0 Å². The minimum Gasteiger partial charge on any atom is -0.485 e. The van der Waals surface area contributed by atoms with E-state index in [0.717, 1.165) is 5.69 Å². The fourth-order valence-electron chi connectivity index (χ4n) is 4.12. The fourth-order valence-corrected chi connectivity index (χ4v) is 4.47. The number of carbonyl (C=O) groups excluding carboxylic acids is 2. The molecule has 0 N–H and O–H groups in total. The number of rotatable bonds is 3. The Labute approximate surface area is 196 Å². The lowest BCUT2D eigenvalue weighted by Gasteiger charge is -2.37. The second kappa shape index (κ2) is 8.78. The van der Waals surface area contributed by atoms with Crippen LogP contribution in [0, 0.1) is 6.92 Å². The summed E-state index contributed by atoms with van der Waals surface area (Å²) >= 11 is 6.56. The van der Waals surface area contributed by atoms with E-state index in [1.165, 1.54) is 0 Å². The van der Waals surface area contributed by atoms with Crippen LogP contribution in [0.25, 0.3) is 5.69 Å². The Morgan fingerprint density at radius 3 is 2.30 bits per heavy atom. The van der Waals surface area contributed by atoms with Gasteiger partial charge >= 0.3 is 0 Å². The van der Waals surface area contributed by atoms with Crippen LogP contribution in [-0.2, 0) is 4.79 Å². The first kappa shape index (κ1) is 21.3. The highest BCUT2D eigenvalue weighted by Crippen LogP contribution is 2.31. The van der Waals surface area contributed by atoms with Gasteiger partial charge in [0.15, 0.2) is 11.5 Å². The first-order valence-corrected chi connectivity index (χ1v) is 11.2. The van der Waals surface area contributed by atoms with E-state index in [0.29, 0.717) is 48.9 Å². The maximum atomic E-state index is 13.2. The molecule has 0 bridgehead atoms. The number of ether oxygens (including phenoxy) is 2. The van der Waals surface area contributed by atoms with Crippen molar-refractivity contribution >= 4 is 23.4 Å². The van der Waals surface area contributed by atoms with Crippen molar-refractivity contribution in [3.63, 3.8) is 0 Å². The number of para-hydroxylation sites is 3. The third kappa shape index (κ3) is 4.02. The predicted octanol–water partition coefficient (Wildman–Crippen LogP) is 2.96. The molecule has 0 spiro atoms. The zero-order chi connectivity index (χ0) is 22.9. The second-order valence-corrected chi connectivity index (χ2v) is 8.34. The van der Waals surface area contributed by atoms with Crippen LogP contribution in [0.2, 0.25) is 5.15 Å². The van der Waals surface area contributed by atoms with Gasteiger partial charge in [-0.05, 0) is 31.2 Å². The number of piperazine rings is 1. The van der Waals surface area contributed by atoms with E-state index in [2.05, 4.69) is 5.10 Å². The number of hydrogen-bond acceptors (Lipinski definition) is 5. The minimum absolute atomic E-state index is 0.136. The molecule has 2 aromatic carbocycles. The van der Waals surface area contributed by atoms with Gasteiger partial charge in [0, 0.05) is 26.2 Å². The highest BCUT2D eigenvalue weighted by atomic mass is 35.5. The lowest BCUT2D eigenvalue weighted by atomic mass is 10.2. The van der Waals surface area contributed by atoms with Crippen molar-refractivity contribution < 1.29 is 19.1 Å². The van der Waals surface area contributed by atoms with Crippen molar-refractivity contribution in [1.82, 2.24) is 19.6 Å². The number of carbonyl (C=O) groups is 2. The van der Waals surface area contributed by atoms with Gasteiger partial charge in [-0.1, -0.05) is 41.9 Å². The number of aromatic nitrogens is 2. The highest BCUT2D eigenvalue weighted by Gasteiger charge is 2.34. The van der Waals surface area contributed by atoms with E-state index >= 15 is 0 Å². The van der Waals surface area contributed by atoms with Gasteiger partial charge in [-0.2, -0.15) is 5.10 Å². The third-order valence-electron chi connectivity index (χ3n) is 5.88. The molecule has 1 saturated heterocycles. The van der Waals surface area contributed by atoms with E-state index in [9.17, 15) is 9.59 Å². The van der Waals surface area contributed by atoms with Crippen molar-refractivity contribution in [1.29, 1.82) is 0 Å². The summed E-state index contributed by atoms with van der Waals surface area (Å²) in [5, 5.41) is 4.75. The largest absolute Gasteiger partial charge is 0.485 e. The van der Waals surface area contributed by atoms with E-state index in [-0.39, 0.29) is 23.6 Å². The molecular weight excluding hydrogens is 444 g/mol. The van der Waals surface area contributed by atoms with Crippen LogP contribution < -0.4 is 9.47 Å². The van der Waals surface area contributed by atoms with Gasteiger partial charge in [0.2, 0.25) is 6.10 Å². The molecule has 3 heterocycles. The van der Waals surface area contributed by atoms with Gasteiger partial charge in [0.25, 0.3) is 11.8 Å². The zero-order valence-corrected chi connectivity index (χ0v) is 18.9. The summed E-state index contributed by atoms with van der Waals surface area (Å²) < 4.78 is 13.1. The molecule has 0 saturated carbocycles. The molecular formula is C24H23ClN4O4.